The van der Waals surface area contributed by atoms with Crippen LogP contribution in [-0.4, -0.2) is 54.3 Å². The first kappa shape index (κ1) is 37.5. The fourth-order valence-electron chi connectivity index (χ4n) is 3.57. The van der Waals surface area contributed by atoms with Gasteiger partial charge in [-0.15, -0.1) is 0 Å². The number of hydrogen-bond donors (Lipinski definition) is 3. The maximum Gasteiger partial charge on any atom is 0.472 e. The summed E-state index contributed by atoms with van der Waals surface area (Å²) in [4.78, 5) is 33.2. The second-order valence-corrected chi connectivity index (χ2v) is 11.2. The molecular weight excluding hydrogens is 521 g/mol. The Morgan fingerprint density at radius 1 is 0.795 bits per heavy atom. The van der Waals surface area contributed by atoms with Gasteiger partial charge in [0.05, 0.1) is 13.2 Å². The molecule has 0 bridgehead atoms. The summed E-state index contributed by atoms with van der Waals surface area (Å²) in [5, 5.41) is 12.4. The van der Waals surface area contributed by atoms with E-state index in [0.29, 0.717) is 6.42 Å². The van der Waals surface area contributed by atoms with Crippen LogP contribution in [0.3, 0.4) is 0 Å². The van der Waals surface area contributed by atoms with Crippen LogP contribution in [0.5, 0.6) is 0 Å². The SMILES string of the molecule is CCCC/C=C\C/C=C\CCCCCCCC(=O)NCCOP(=O)(O)OCC(O)COC(=O)CCCCCC. The smallest absolute Gasteiger partial charge is 0.463 e. The van der Waals surface area contributed by atoms with Gasteiger partial charge < -0.3 is 20.1 Å². The molecule has 0 aromatic rings. The highest BCUT2D eigenvalue weighted by Gasteiger charge is 2.23. The predicted octanol–water partition coefficient (Wildman–Crippen LogP) is 6.53. The molecule has 0 aliphatic heterocycles. The summed E-state index contributed by atoms with van der Waals surface area (Å²) in [5.41, 5.74) is 0. The minimum atomic E-state index is -4.39. The summed E-state index contributed by atoms with van der Waals surface area (Å²) in [5.74, 6) is -0.553. The fraction of sp³-hybridized carbons (Fsp3) is 0.793. The topological polar surface area (TPSA) is 131 Å². The molecule has 0 aliphatic rings. The molecule has 228 valence electrons. The molecule has 39 heavy (non-hydrogen) atoms. The van der Waals surface area contributed by atoms with Crippen molar-refractivity contribution in [2.24, 2.45) is 0 Å². The third-order valence-corrected chi connectivity index (χ3v) is 6.87. The summed E-state index contributed by atoms with van der Waals surface area (Å²) in [7, 11) is -4.39. The molecule has 0 saturated heterocycles. The lowest BCUT2D eigenvalue weighted by Gasteiger charge is -2.15. The molecule has 0 saturated carbocycles. The lowest BCUT2D eigenvalue weighted by Crippen LogP contribution is -2.27. The molecule has 0 heterocycles. The Hall–Kier alpha value is -1.51. The molecule has 1 amide bonds. The number of aliphatic hydroxyl groups excluding tert-OH is 1. The van der Waals surface area contributed by atoms with Crippen molar-refractivity contribution >= 4 is 19.7 Å². The maximum absolute atomic E-state index is 11.9. The molecule has 0 radical (unpaired) electrons. The van der Waals surface area contributed by atoms with Gasteiger partial charge in [-0.2, -0.15) is 0 Å². The highest BCUT2D eigenvalue weighted by molar-refractivity contribution is 7.47. The second-order valence-electron chi connectivity index (χ2n) is 9.72. The molecule has 3 N–H and O–H groups in total. The zero-order valence-electron chi connectivity index (χ0n) is 24.3. The number of phosphoric acid groups is 1. The molecule has 9 nitrogen and oxygen atoms in total. The van der Waals surface area contributed by atoms with Crippen molar-refractivity contribution in [3.05, 3.63) is 24.3 Å². The van der Waals surface area contributed by atoms with E-state index in [1.165, 1.54) is 19.3 Å². The van der Waals surface area contributed by atoms with Crippen LogP contribution in [0, 0.1) is 0 Å². The largest absolute Gasteiger partial charge is 0.472 e. The van der Waals surface area contributed by atoms with Crippen molar-refractivity contribution in [1.82, 2.24) is 5.32 Å². The predicted molar refractivity (Wildman–Crippen MR) is 155 cm³/mol. The van der Waals surface area contributed by atoms with Crippen LogP contribution in [0.15, 0.2) is 24.3 Å². The Morgan fingerprint density at radius 3 is 2.13 bits per heavy atom. The molecule has 0 aliphatic carbocycles. The van der Waals surface area contributed by atoms with E-state index in [0.717, 1.165) is 70.6 Å². The lowest BCUT2D eigenvalue weighted by molar-refractivity contribution is -0.147. The van der Waals surface area contributed by atoms with Crippen LogP contribution in [0.2, 0.25) is 0 Å². The summed E-state index contributed by atoms with van der Waals surface area (Å²) in [6, 6.07) is 0. The molecule has 0 rings (SSSR count). The first-order valence-electron chi connectivity index (χ1n) is 14.8. The van der Waals surface area contributed by atoms with Gasteiger partial charge in [0.1, 0.15) is 12.7 Å². The number of rotatable bonds is 27. The van der Waals surface area contributed by atoms with E-state index >= 15 is 0 Å². The van der Waals surface area contributed by atoms with Gasteiger partial charge in [0.2, 0.25) is 5.91 Å². The number of aliphatic hydroxyl groups is 1. The van der Waals surface area contributed by atoms with E-state index in [1.54, 1.807) is 0 Å². The van der Waals surface area contributed by atoms with Gasteiger partial charge in [0.15, 0.2) is 0 Å². The Morgan fingerprint density at radius 2 is 1.41 bits per heavy atom. The lowest BCUT2D eigenvalue weighted by atomic mass is 10.1. The van der Waals surface area contributed by atoms with Crippen molar-refractivity contribution in [2.75, 3.05) is 26.4 Å². The quantitative estimate of drug-likeness (QED) is 0.0436. The first-order chi connectivity index (χ1) is 18.8. The standard InChI is InChI=1S/C29H54NO8P/c1-3-5-7-9-10-11-12-13-14-15-16-17-18-19-21-28(32)30-23-24-37-39(34,35)38-26-27(31)25-36-29(33)22-20-8-6-4-2/h9-10,12-13,27,31H,3-8,11,14-26H2,1-2H3,(H,30,32)(H,34,35)/b10-9-,13-12-. The zero-order valence-corrected chi connectivity index (χ0v) is 25.2. The highest BCUT2D eigenvalue weighted by Crippen LogP contribution is 2.42. The molecule has 0 fully saturated rings. The van der Waals surface area contributed by atoms with Crippen molar-refractivity contribution < 1.29 is 37.9 Å². The van der Waals surface area contributed by atoms with Crippen LogP contribution in [-0.2, 0) is 27.9 Å². The molecule has 0 aromatic carbocycles. The molecule has 2 unspecified atom stereocenters. The van der Waals surface area contributed by atoms with Crippen LogP contribution < -0.4 is 5.32 Å². The normalized spacial score (nSPS) is 14.1. The number of amides is 1. The minimum Gasteiger partial charge on any atom is -0.463 e. The molecule has 10 heteroatoms. The second kappa shape index (κ2) is 26.7. The van der Waals surface area contributed by atoms with Crippen molar-refractivity contribution in [3.8, 4) is 0 Å². The van der Waals surface area contributed by atoms with E-state index in [4.69, 9.17) is 13.8 Å². The Balaban J connectivity index is 3.67. The molecular formula is C29H54NO8P. The van der Waals surface area contributed by atoms with Crippen molar-refractivity contribution in [3.63, 3.8) is 0 Å². The van der Waals surface area contributed by atoms with Crippen LogP contribution in [0.1, 0.15) is 117 Å². The minimum absolute atomic E-state index is 0.0745. The summed E-state index contributed by atoms with van der Waals surface area (Å²) >= 11 is 0. The third kappa shape index (κ3) is 27.8. The summed E-state index contributed by atoms with van der Waals surface area (Å²) in [6.45, 7) is 3.31. The van der Waals surface area contributed by atoms with Gasteiger partial charge in [-0.3, -0.25) is 18.6 Å². The Labute approximate surface area is 236 Å². The van der Waals surface area contributed by atoms with E-state index in [1.807, 2.05) is 0 Å². The number of unbranched alkanes of at least 4 members (excludes halogenated alkanes) is 10. The average molecular weight is 576 g/mol. The zero-order chi connectivity index (χ0) is 29.0. The van der Waals surface area contributed by atoms with Gasteiger partial charge >= 0.3 is 13.8 Å². The Kier molecular flexibility index (Phi) is 25.7. The van der Waals surface area contributed by atoms with Crippen LogP contribution in [0.25, 0.3) is 0 Å². The van der Waals surface area contributed by atoms with Crippen molar-refractivity contribution in [2.45, 2.75) is 123 Å². The molecule has 0 aromatic heterocycles. The highest BCUT2D eigenvalue weighted by atomic mass is 31.2. The number of nitrogens with one attached hydrogen (secondary N) is 1. The molecule has 0 spiro atoms. The van der Waals surface area contributed by atoms with Gasteiger partial charge in [0, 0.05) is 19.4 Å². The average Bonchev–Trinajstić information content (AvgIpc) is 2.91. The van der Waals surface area contributed by atoms with Gasteiger partial charge in [-0.05, 0) is 38.5 Å². The number of phosphoric ester groups is 1. The Bertz CT molecular complexity index is 713. The maximum atomic E-state index is 11.9. The number of ether oxygens (including phenoxy) is 1. The number of allylic oxidation sites excluding steroid dienone is 4. The van der Waals surface area contributed by atoms with Gasteiger partial charge in [0.25, 0.3) is 0 Å². The third-order valence-electron chi connectivity index (χ3n) is 5.88. The number of hydrogen-bond acceptors (Lipinski definition) is 7. The van der Waals surface area contributed by atoms with Gasteiger partial charge in [-0.25, -0.2) is 4.57 Å². The van der Waals surface area contributed by atoms with Crippen molar-refractivity contribution in [1.29, 1.82) is 0 Å². The van der Waals surface area contributed by atoms with E-state index in [-0.39, 0.29) is 32.1 Å². The van der Waals surface area contributed by atoms with Crippen LogP contribution >= 0.6 is 7.82 Å². The fourth-order valence-corrected chi connectivity index (χ4v) is 4.33. The number of esters is 1. The summed E-state index contributed by atoms with van der Waals surface area (Å²) in [6.07, 6.45) is 23.1. The van der Waals surface area contributed by atoms with Gasteiger partial charge in [-0.1, -0.05) is 89.5 Å². The van der Waals surface area contributed by atoms with E-state index in [9.17, 15) is 24.2 Å². The number of carbonyl (C=O) groups is 2. The first-order valence-corrected chi connectivity index (χ1v) is 16.3. The van der Waals surface area contributed by atoms with Crippen LogP contribution in [0.4, 0.5) is 0 Å². The summed E-state index contributed by atoms with van der Waals surface area (Å²) < 4.78 is 26.4. The van der Waals surface area contributed by atoms with E-state index in [2.05, 4.69) is 43.5 Å². The monoisotopic (exact) mass is 575 g/mol. The number of carbonyl (C=O) groups excluding carboxylic acids is 2. The van der Waals surface area contributed by atoms with E-state index < -0.39 is 26.5 Å². The molecule has 2 atom stereocenters.